The molecule has 3 rings (SSSR count). The van der Waals surface area contributed by atoms with E-state index in [2.05, 4.69) is 0 Å². The molecule has 0 heterocycles. The van der Waals surface area contributed by atoms with Gasteiger partial charge in [-0.1, -0.05) is 12.1 Å². The summed E-state index contributed by atoms with van der Waals surface area (Å²) in [7, 11) is 0. The lowest BCUT2D eigenvalue weighted by Crippen LogP contribution is -2.22. The zero-order chi connectivity index (χ0) is 16.0. The number of carboxylic acid groups (broad SMARTS) is 2. The Morgan fingerprint density at radius 1 is 0.636 bits per heavy atom. The number of benzene rings is 2. The molecule has 0 bridgehead atoms. The Morgan fingerprint density at radius 3 is 1.32 bits per heavy atom. The highest BCUT2D eigenvalue weighted by Crippen LogP contribution is 2.34. The second kappa shape index (κ2) is 4.63. The zero-order valence-electron chi connectivity index (χ0n) is 11.0. The third kappa shape index (κ3) is 1.89. The Labute approximate surface area is 123 Å². The molecule has 6 nitrogen and oxygen atoms in total. The van der Waals surface area contributed by atoms with Gasteiger partial charge in [0.1, 0.15) is 0 Å². The Balaban J connectivity index is 2.28. The number of rotatable bonds is 2. The number of Topliss-reactive ketones (excluding diaryl/α,β-unsaturated/α-hetero) is 2. The fourth-order valence-corrected chi connectivity index (χ4v) is 2.44. The molecule has 0 atom stereocenters. The van der Waals surface area contributed by atoms with Gasteiger partial charge >= 0.3 is 11.9 Å². The highest BCUT2D eigenvalue weighted by atomic mass is 16.4. The molecule has 1 aliphatic carbocycles. The largest absolute Gasteiger partial charge is 0.478 e. The standard InChI is InChI=1S/C16H8O6/c17-13-11-5-7(15(19)20)1-3-9(11)10-4-2-8(16(21)22)6-12(10)14(13)18/h1-6H,(H,19,20)(H,21,22). The smallest absolute Gasteiger partial charge is 0.335 e. The monoisotopic (exact) mass is 296 g/mol. The minimum absolute atomic E-state index is 0.0143. The molecule has 0 spiro atoms. The lowest BCUT2D eigenvalue weighted by molar-refractivity contribution is 0.0685. The van der Waals surface area contributed by atoms with Gasteiger partial charge in [-0.25, -0.2) is 9.59 Å². The number of hydrogen-bond donors (Lipinski definition) is 2. The molecule has 2 aromatic carbocycles. The van der Waals surface area contributed by atoms with Crippen molar-refractivity contribution in [3.63, 3.8) is 0 Å². The van der Waals surface area contributed by atoms with Crippen molar-refractivity contribution < 1.29 is 29.4 Å². The van der Waals surface area contributed by atoms with Crippen molar-refractivity contribution in [2.45, 2.75) is 0 Å². The highest BCUT2D eigenvalue weighted by Gasteiger charge is 2.31. The van der Waals surface area contributed by atoms with Gasteiger partial charge < -0.3 is 10.2 Å². The van der Waals surface area contributed by atoms with Gasteiger partial charge in [-0.05, 0) is 35.4 Å². The number of carboxylic acids is 2. The van der Waals surface area contributed by atoms with E-state index in [0.717, 1.165) is 12.1 Å². The van der Waals surface area contributed by atoms with Gasteiger partial charge in [0.05, 0.1) is 11.1 Å². The second-order valence-electron chi connectivity index (χ2n) is 4.79. The lowest BCUT2D eigenvalue weighted by Gasteiger charge is -2.18. The van der Waals surface area contributed by atoms with E-state index in [9.17, 15) is 19.2 Å². The van der Waals surface area contributed by atoms with Gasteiger partial charge in [0.25, 0.3) is 0 Å². The van der Waals surface area contributed by atoms with Crippen LogP contribution < -0.4 is 0 Å². The first-order valence-electron chi connectivity index (χ1n) is 6.24. The second-order valence-corrected chi connectivity index (χ2v) is 4.79. The first kappa shape index (κ1) is 13.7. The van der Waals surface area contributed by atoms with E-state index in [1.165, 1.54) is 24.3 Å². The summed E-state index contributed by atoms with van der Waals surface area (Å²) in [6, 6.07) is 7.88. The van der Waals surface area contributed by atoms with E-state index in [4.69, 9.17) is 10.2 Å². The molecule has 108 valence electrons. The van der Waals surface area contributed by atoms with Crippen LogP contribution in [0.5, 0.6) is 0 Å². The van der Waals surface area contributed by atoms with Gasteiger partial charge in [0.2, 0.25) is 11.6 Å². The van der Waals surface area contributed by atoms with Crippen molar-refractivity contribution in [1.82, 2.24) is 0 Å². The van der Waals surface area contributed by atoms with E-state index in [1.54, 1.807) is 0 Å². The normalized spacial score (nSPS) is 12.5. The molecular formula is C16H8O6. The maximum absolute atomic E-state index is 12.1. The zero-order valence-corrected chi connectivity index (χ0v) is 11.0. The molecule has 0 aliphatic heterocycles. The molecule has 0 fully saturated rings. The molecule has 0 saturated heterocycles. The summed E-state index contributed by atoms with van der Waals surface area (Å²) >= 11 is 0. The topological polar surface area (TPSA) is 109 Å². The van der Waals surface area contributed by atoms with Crippen LogP contribution in [0.3, 0.4) is 0 Å². The van der Waals surface area contributed by atoms with Crippen LogP contribution in [0, 0.1) is 0 Å². The van der Waals surface area contributed by atoms with E-state index >= 15 is 0 Å². The maximum atomic E-state index is 12.1. The quantitative estimate of drug-likeness (QED) is 0.822. The number of fused-ring (bicyclic) bond motifs is 3. The molecule has 0 radical (unpaired) electrons. The summed E-state index contributed by atoms with van der Waals surface area (Å²) in [6.45, 7) is 0. The van der Waals surface area contributed by atoms with Crippen molar-refractivity contribution in [2.75, 3.05) is 0 Å². The molecule has 0 aromatic heterocycles. The first-order chi connectivity index (χ1) is 10.4. The Morgan fingerprint density at radius 2 is 1.00 bits per heavy atom. The van der Waals surface area contributed by atoms with Crippen molar-refractivity contribution in [3.8, 4) is 11.1 Å². The summed E-state index contributed by atoms with van der Waals surface area (Å²) in [6.07, 6.45) is 0. The van der Waals surface area contributed by atoms with E-state index in [-0.39, 0.29) is 22.3 Å². The van der Waals surface area contributed by atoms with Crippen LogP contribution in [0.1, 0.15) is 41.4 Å². The fraction of sp³-hybridized carbons (Fsp3) is 0. The molecule has 0 saturated carbocycles. The Hall–Kier alpha value is -3.28. The number of ketones is 2. The minimum Gasteiger partial charge on any atom is -0.478 e. The highest BCUT2D eigenvalue weighted by molar-refractivity contribution is 6.53. The molecular weight excluding hydrogens is 288 g/mol. The molecule has 2 N–H and O–H groups in total. The number of carbonyl (C=O) groups excluding carboxylic acids is 2. The summed E-state index contributed by atoms with van der Waals surface area (Å²) in [5.41, 5.74) is 0.681. The molecule has 6 heteroatoms. The van der Waals surface area contributed by atoms with Crippen LogP contribution in [0.25, 0.3) is 11.1 Å². The van der Waals surface area contributed by atoms with Gasteiger partial charge in [-0.2, -0.15) is 0 Å². The van der Waals surface area contributed by atoms with Crippen LogP contribution in [-0.2, 0) is 0 Å². The van der Waals surface area contributed by atoms with Crippen LogP contribution in [-0.4, -0.2) is 33.7 Å². The molecule has 0 amide bonds. The molecule has 1 aliphatic rings. The van der Waals surface area contributed by atoms with Crippen molar-refractivity contribution in [1.29, 1.82) is 0 Å². The SMILES string of the molecule is O=C(O)c1ccc2c(c1)C(=O)C(=O)c1cc(C(=O)O)ccc1-2. The molecule has 0 unspecified atom stereocenters. The summed E-state index contributed by atoms with van der Waals surface area (Å²) in [5, 5.41) is 17.9. The Bertz CT molecular complexity index is 805. The van der Waals surface area contributed by atoms with Gasteiger partial charge in [-0.3, -0.25) is 9.59 Å². The van der Waals surface area contributed by atoms with Crippen molar-refractivity contribution >= 4 is 23.5 Å². The average molecular weight is 296 g/mol. The predicted octanol–water partition coefficient (Wildman–Crippen LogP) is 2.13. The average Bonchev–Trinajstić information content (AvgIpc) is 2.51. The van der Waals surface area contributed by atoms with E-state index < -0.39 is 23.5 Å². The number of aromatic carboxylic acids is 2. The van der Waals surface area contributed by atoms with E-state index in [1.807, 2.05) is 0 Å². The number of hydrogen-bond acceptors (Lipinski definition) is 4. The van der Waals surface area contributed by atoms with Crippen LogP contribution in [0.4, 0.5) is 0 Å². The van der Waals surface area contributed by atoms with Crippen molar-refractivity contribution in [3.05, 3.63) is 58.7 Å². The summed E-state index contributed by atoms with van der Waals surface area (Å²) in [5.74, 6) is -4.08. The van der Waals surface area contributed by atoms with Crippen LogP contribution in [0.15, 0.2) is 36.4 Å². The fourth-order valence-electron chi connectivity index (χ4n) is 2.44. The van der Waals surface area contributed by atoms with Gasteiger partial charge in [0.15, 0.2) is 0 Å². The van der Waals surface area contributed by atoms with E-state index in [0.29, 0.717) is 11.1 Å². The summed E-state index contributed by atoms with van der Waals surface area (Å²) < 4.78 is 0. The first-order valence-corrected chi connectivity index (χ1v) is 6.24. The van der Waals surface area contributed by atoms with Gasteiger partial charge in [-0.15, -0.1) is 0 Å². The third-order valence-electron chi connectivity index (χ3n) is 3.52. The number of carbonyl (C=O) groups is 4. The van der Waals surface area contributed by atoms with Crippen LogP contribution >= 0.6 is 0 Å². The van der Waals surface area contributed by atoms with Crippen LogP contribution in [0.2, 0.25) is 0 Å². The summed E-state index contributed by atoms with van der Waals surface area (Å²) in [4.78, 5) is 46.2. The molecule has 2 aromatic rings. The molecule has 22 heavy (non-hydrogen) atoms. The predicted molar refractivity (Wildman–Crippen MR) is 74.5 cm³/mol. The van der Waals surface area contributed by atoms with Crippen molar-refractivity contribution in [2.24, 2.45) is 0 Å². The lowest BCUT2D eigenvalue weighted by atomic mass is 9.82. The Kier molecular flexibility index (Phi) is 2.88. The third-order valence-corrected chi connectivity index (χ3v) is 3.52. The maximum Gasteiger partial charge on any atom is 0.335 e. The van der Waals surface area contributed by atoms with Gasteiger partial charge in [0, 0.05) is 11.1 Å². The minimum atomic E-state index is -1.20.